The van der Waals surface area contributed by atoms with Crippen molar-refractivity contribution in [2.75, 3.05) is 17.2 Å². The number of nitrogens with one attached hydrogen (secondary N) is 2. The summed E-state index contributed by atoms with van der Waals surface area (Å²) in [5.74, 6) is 0.704. The van der Waals surface area contributed by atoms with E-state index in [2.05, 4.69) is 15.6 Å². The van der Waals surface area contributed by atoms with E-state index in [1.54, 1.807) is 25.1 Å². The molecule has 1 aromatic carbocycles. The summed E-state index contributed by atoms with van der Waals surface area (Å²) in [5.41, 5.74) is 1.16. The van der Waals surface area contributed by atoms with Crippen LogP contribution in [0.15, 0.2) is 24.3 Å². The maximum atomic E-state index is 13.6. The van der Waals surface area contributed by atoms with Gasteiger partial charge < -0.3 is 10.6 Å². The Labute approximate surface area is 133 Å². The molecule has 0 aliphatic rings. The van der Waals surface area contributed by atoms with Gasteiger partial charge in [0.1, 0.15) is 11.6 Å². The second kappa shape index (κ2) is 6.96. The highest BCUT2D eigenvalue weighted by atomic mass is 35.5. The molecule has 0 unspecified atom stereocenters. The van der Waals surface area contributed by atoms with Crippen molar-refractivity contribution in [2.45, 2.75) is 20.3 Å². The summed E-state index contributed by atoms with van der Waals surface area (Å²) in [6, 6.07) is 6.48. The van der Waals surface area contributed by atoms with E-state index in [-0.39, 0.29) is 5.82 Å². The average Bonchev–Trinajstić information content (AvgIpc) is 2.44. The van der Waals surface area contributed by atoms with Crippen molar-refractivity contribution in [3.63, 3.8) is 0 Å². The van der Waals surface area contributed by atoms with Crippen LogP contribution in [0.3, 0.4) is 0 Å². The van der Waals surface area contributed by atoms with Crippen molar-refractivity contribution in [1.29, 1.82) is 0 Å². The normalized spacial score (nSPS) is 10.5. The monoisotopic (exact) mass is 327 g/mol. The minimum absolute atomic E-state index is 0.283. The first kappa shape index (κ1) is 15.9. The van der Waals surface area contributed by atoms with Crippen LogP contribution in [-0.4, -0.2) is 11.5 Å². The zero-order chi connectivity index (χ0) is 15.4. The van der Waals surface area contributed by atoms with Crippen LogP contribution in [0.5, 0.6) is 0 Å². The molecule has 3 nitrogen and oxygen atoms in total. The van der Waals surface area contributed by atoms with E-state index in [0.29, 0.717) is 32.9 Å². The van der Waals surface area contributed by atoms with Gasteiger partial charge in [-0.15, -0.1) is 0 Å². The quantitative estimate of drug-likeness (QED) is 0.771. The van der Waals surface area contributed by atoms with Crippen LogP contribution in [0.4, 0.5) is 21.7 Å². The van der Waals surface area contributed by atoms with Gasteiger partial charge in [0.25, 0.3) is 0 Å². The van der Waals surface area contributed by atoms with E-state index in [4.69, 9.17) is 23.2 Å². The molecule has 0 spiro atoms. The van der Waals surface area contributed by atoms with Gasteiger partial charge in [-0.25, -0.2) is 9.37 Å². The Kier molecular flexibility index (Phi) is 5.26. The van der Waals surface area contributed by atoms with Crippen LogP contribution < -0.4 is 10.6 Å². The van der Waals surface area contributed by atoms with Gasteiger partial charge in [0.05, 0.1) is 10.0 Å². The molecule has 1 aromatic heterocycles. The number of hydrogen-bond acceptors (Lipinski definition) is 3. The Morgan fingerprint density at radius 2 is 1.86 bits per heavy atom. The Bertz CT molecular complexity index is 647. The molecule has 2 rings (SSSR count). The molecule has 0 amide bonds. The molecule has 0 saturated heterocycles. The molecule has 0 radical (unpaired) electrons. The minimum Gasteiger partial charge on any atom is -0.369 e. The van der Waals surface area contributed by atoms with Crippen molar-refractivity contribution < 1.29 is 4.39 Å². The molecule has 0 atom stereocenters. The molecule has 112 valence electrons. The van der Waals surface area contributed by atoms with Gasteiger partial charge in [-0.1, -0.05) is 36.2 Å². The molecular weight excluding hydrogens is 312 g/mol. The van der Waals surface area contributed by atoms with Gasteiger partial charge in [-0.2, -0.15) is 0 Å². The third-order valence-corrected chi connectivity index (χ3v) is 3.48. The lowest BCUT2D eigenvalue weighted by molar-refractivity contribution is 0.619. The number of rotatable bonds is 5. The first-order valence-electron chi connectivity index (χ1n) is 6.64. The lowest BCUT2D eigenvalue weighted by Gasteiger charge is -2.12. The first-order chi connectivity index (χ1) is 10.0. The van der Waals surface area contributed by atoms with Crippen molar-refractivity contribution >= 4 is 40.5 Å². The number of pyridine rings is 1. The number of anilines is 3. The third kappa shape index (κ3) is 3.99. The van der Waals surface area contributed by atoms with Gasteiger partial charge in [-0.05, 0) is 37.1 Å². The van der Waals surface area contributed by atoms with Crippen LogP contribution in [-0.2, 0) is 0 Å². The topological polar surface area (TPSA) is 37.0 Å². The van der Waals surface area contributed by atoms with E-state index in [0.717, 1.165) is 13.0 Å². The molecular formula is C15H16Cl2FN3. The van der Waals surface area contributed by atoms with Crippen LogP contribution in [0, 0.1) is 12.7 Å². The maximum absolute atomic E-state index is 13.6. The van der Waals surface area contributed by atoms with Crippen molar-refractivity contribution in [2.24, 2.45) is 0 Å². The van der Waals surface area contributed by atoms with Crippen LogP contribution in [0.25, 0.3) is 0 Å². The molecule has 21 heavy (non-hydrogen) atoms. The highest BCUT2D eigenvalue weighted by molar-refractivity contribution is 6.37. The summed E-state index contributed by atoms with van der Waals surface area (Å²) >= 11 is 12.2. The number of hydrogen-bond donors (Lipinski definition) is 2. The molecule has 1 heterocycles. The predicted molar refractivity (Wildman–Crippen MR) is 87.5 cm³/mol. The molecule has 0 fully saturated rings. The lowest BCUT2D eigenvalue weighted by Crippen LogP contribution is -2.05. The summed E-state index contributed by atoms with van der Waals surface area (Å²) in [6.07, 6.45) is 0.951. The fourth-order valence-corrected chi connectivity index (χ4v) is 2.20. The molecule has 2 aromatic rings. The Balaban J connectivity index is 2.28. The second-order valence-corrected chi connectivity index (χ2v) is 5.48. The zero-order valence-electron chi connectivity index (χ0n) is 11.8. The molecule has 0 aliphatic heterocycles. The molecule has 0 saturated carbocycles. The Morgan fingerprint density at radius 3 is 2.52 bits per heavy atom. The number of benzene rings is 1. The van der Waals surface area contributed by atoms with Gasteiger partial charge >= 0.3 is 0 Å². The maximum Gasteiger partial charge on any atom is 0.151 e. The summed E-state index contributed by atoms with van der Waals surface area (Å²) in [5, 5.41) is 6.95. The molecule has 2 N–H and O–H groups in total. The van der Waals surface area contributed by atoms with E-state index < -0.39 is 0 Å². The van der Waals surface area contributed by atoms with E-state index >= 15 is 0 Å². The van der Waals surface area contributed by atoms with Crippen molar-refractivity contribution in [3.05, 3.63) is 45.7 Å². The summed E-state index contributed by atoms with van der Waals surface area (Å²) in [4.78, 5) is 4.35. The minimum atomic E-state index is -0.283. The number of aromatic nitrogens is 1. The molecule has 6 heteroatoms. The van der Waals surface area contributed by atoms with E-state index in [9.17, 15) is 4.39 Å². The SMILES string of the molecule is CCCNc1nc(Nc2ccc(C)c(F)c2)c(Cl)cc1Cl. The number of halogens is 3. The smallest absolute Gasteiger partial charge is 0.151 e. The Morgan fingerprint density at radius 1 is 1.14 bits per heavy atom. The fourth-order valence-electron chi connectivity index (χ4n) is 1.73. The first-order valence-corrected chi connectivity index (χ1v) is 7.40. The van der Waals surface area contributed by atoms with E-state index in [1.165, 1.54) is 6.07 Å². The molecule has 0 bridgehead atoms. The van der Waals surface area contributed by atoms with Gasteiger partial charge in [-0.3, -0.25) is 0 Å². The molecule has 0 aliphatic carbocycles. The highest BCUT2D eigenvalue weighted by Crippen LogP contribution is 2.31. The second-order valence-electron chi connectivity index (χ2n) is 4.66. The predicted octanol–water partition coefficient (Wildman–Crippen LogP) is 5.40. The van der Waals surface area contributed by atoms with Crippen molar-refractivity contribution in [1.82, 2.24) is 4.98 Å². The fraction of sp³-hybridized carbons (Fsp3) is 0.267. The summed E-state index contributed by atoms with van der Waals surface area (Å²) < 4.78 is 13.6. The van der Waals surface area contributed by atoms with Crippen LogP contribution in [0.2, 0.25) is 10.0 Å². The van der Waals surface area contributed by atoms with Crippen LogP contribution in [0.1, 0.15) is 18.9 Å². The van der Waals surface area contributed by atoms with E-state index in [1.807, 2.05) is 6.92 Å². The number of nitrogens with zero attached hydrogens (tertiary/aromatic N) is 1. The largest absolute Gasteiger partial charge is 0.369 e. The zero-order valence-corrected chi connectivity index (χ0v) is 13.3. The third-order valence-electron chi connectivity index (χ3n) is 2.91. The number of aryl methyl sites for hydroxylation is 1. The highest BCUT2D eigenvalue weighted by Gasteiger charge is 2.10. The lowest BCUT2D eigenvalue weighted by atomic mass is 10.2. The van der Waals surface area contributed by atoms with Crippen LogP contribution >= 0.6 is 23.2 Å². The Hall–Kier alpha value is -1.52. The van der Waals surface area contributed by atoms with Gasteiger partial charge in [0, 0.05) is 12.2 Å². The standard InChI is InChI=1S/C15H16Cl2FN3/c1-3-6-19-14-11(16)8-12(17)15(21-14)20-10-5-4-9(2)13(18)7-10/h4-5,7-8H,3,6H2,1-2H3,(H2,19,20,21). The van der Waals surface area contributed by atoms with Gasteiger partial charge in [0.15, 0.2) is 5.82 Å². The summed E-state index contributed by atoms with van der Waals surface area (Å²) in [7, 11) is 0. The van der Waals surface area contributed by atoms with Gasteiger partial charge in [0.2, 0.25) is 0 Å². The summed E-state index contributed by atoms with van der Waals surface area (Å²) in [6.45, 7) is 4.51. The van der Waals surface area contributed by atoms with Crippen molar-refractivity contribution in [3.8, 4) is 0 Å². The average molecular weight is 328 g/mol.